The van der Waals surface area contributed by atoms with Gasteiger partial charge in [0.25, 0.3) is 0 Å². The number of thioether (sulfide) groups is 1. The molecule has 0 unspecified atom stereocenters. The van der Waals surface area contributed by atoms with Crippen molar-refractivity contribution in [3.8, 4) is 0 Å². The fourth-order valence-electron chi connectivity index (χ4n) is 1.55. The molecule has 0 spiro atoms. The van der Waals surface area contributed by atoms with Crippen LogP contribution in [-0.4, -0.2) is 31.1 Å². The number of aliphatic hydroxyl groups is 1. The average molecular weight is 315 g/mol. The van der Waals surface area contributed by atoms with Crippen molar-refractivity contribution in [3.63, 3.8) is 0 Å². The van der Waals surface area contributed by atoms with Gasteiger partial charge in [0.15, 0.2) is 0 Å². The zero-order chi connectivity index (χ0) is 14.5. The third-order valence-electron chi connectivity index (χ3n) is 2.49. The van der Waals surface area contributed by atoms with E-state index in [-0.39, 0.29) is 5.02 Å². The topological polar surface area (TPSA) is 63.8 Å². The molecule has 1 aromatic carbocycles. The Labute approximate surface area is 124 Å². The van der Waals surface area contributed by atoms with Crippen LogP contribution in [0.1, 0.15) is 11.7 Å². The van der Waals surface area contributed by atoms with Gasteiger partial charge in [-0.2, -0.15) is 0 Å². The summed E-state index contributed by atoms with van der Waals surface area (Å²) in [6.45, 7) is 4.10. The summed E-state index contributed by atoms with van der Waals surface area (Å²) in [6, 6.07) is 3.90. The predicted octanol–water partition coefficient (Wildman–Crippen LogP) is 2.48. The van der Waals surface area contributed by atoms with E-state index in [1.54, 1.807) is 10.8 Å². The summed E-state index contributed by atoms with van der Waals surface area (Å²) in [7, 11) is 0. The number of nitrogens with zero attached hydrogens (tertiary/aromatic N) is 4. The Kier molecular flexibility index (Phi) is 5.11. The average Bonchev–Trinajstić information content (AvgIpc) is 2.84. The molecule has 0 aliphatic carbocycles. The zero-order valence-electron chi connectivity index (χ0n) is 10.4. The molecule has 0 amide bonds. The minimum absolute atomic E-state index is 0.198. The molecule has 5 nitrogen and oxygen atoms in total. The highest BCUT2D eigenvalue weighted by atomic mass is 35.5. The number of hydrogen-bond donors (Lipinski definition) is 1. The van der Waals surface area contributed by atoms with Crippen LogP contribution in [0, 0.1) is 5.82 Å². The van der Waals surface area contributed by atoms with E-state index in [9.17, 15) is 9.50 Å². The first-order valence-electron chi connectivity index (χ1n) is 5.74. The molecule has 0 aliphatic rings. The summed E-state index contributed by atoms with van der Waals surface area (Å²) < 4.78 is 14.5. The third kappa shape index (κ3) is 3.56. The van der Waals surface area contributed by atoms with Gasteiger partial charge in [-0.3, -0.25) is 0 Å². The van der Waals surface area contributed by atoms with Crippen molar-refractivity contribution in [2.75, 3.05) is 5.75 Å². The quantitative estimate of drug-likeness (QED) is 0.655. The number of tetrazole rings is 1. The lowest BCUT2D eigenvalue weighted by molar-refractivity contribution is 0.204. The number of aromatic nitrogens is 4. The molecule has 0 bridgehead atoms. The van der Waals surface area contributed by atoms with Crippen LogP contribution >= 0.6 is 23.4 Å². The maximum Gasteiger partial charge on any atom is 0.209 e. The second kappa shape index (κ2) is 6.83. The summed E-state index contributed by atoms with van der Waals surface area (Å²) >= 11 is 7.18. The van der Waals surface area contributed by atoms with E-state index < -0.39 is 11.9 Å². The minimum Gasteiger partial charge on any atom is -0.387 e. The smallest absolute Gasteiger partial charge is 0.209 e. The van der Waals surface area contributed by atoms with Crippen molar-refractivity contribution in [2.24, 2.45) is 0 Å². The Morgan fingerprint density at radius 2 is 2.35 bits per heavy atom. The Morgan fingerprint density at radius 1 is 1.55 bits per heavy atom. The molecule has 1 N–H and O–H groups in total. The molecule has 1 aromatic heterocycles. The third-order valence-corrected chi connectivity index (χ3v) is 3.85. The molecule has 0 fully saturated rings. The summed E-state index contributed by atoms with van der Waals surface area (Å²) in [4.78, 5) is 0. The summed E-state index contributed by atoms with van der Waals surface area (Å²) in [5.74, 6) is -0.128. The molecular formula is C12H12ClFN4OS. The summed E-state index contributed by atoms with van der Waals surface area (Å²) in [5, 5.41) is 22.1. The second-order valence-corrected chi connectivity index (χ2v) is 5.32. The van der Waals surface area contributed by atoms with Crippen molar-refractivity contribution in [1.29, 1.82) is 0 Å². The maximum absolute atomic E-state index is 12.9. The van der Waals surface area contributed by atoms with Crippen LogP contribution in [0.3, 0.4) is 0 Å². The van der Waals surface area contributed by atoms with Crippen LogP contribution in [0.4, 0.5) is 4.39 Å². The lowest BCUT2D eigenvalue weighted by Crippen LogP contribution is -2.05. The van der Waals surface area contributed by atoms with Gasteiger partial charge in [-0.1, -0.05) is 35.5 Å². The van der Waals surface area contributed by atoms with Crippen molar-refractivity contribution >= 4 is 23.4 Å². The number of aliphatic hydroxyl groups excluding tert-OH is 1. The normalized spacial score (nSPS) is 12.3. The summed E-state index contributed by atoms with van der Waals surface area (Å²) in [5.41, 5.74) is 0.475. The van der Waals surface area contributed by atoms with Gasteiger partial charge < -0.3 is 5.11 Å². The highest BCUT2D eigenvalue weighted by Gasteiger charge is 2.15. The van der Waals surface area contributed by atoms with Gasteiger partial charge in [-0.05, 0) is 22.6 Å². The first-order valence-corrected chi connectivity index (χ1v) is 7.11. The molecule has 2 rings (SSSR count). The number of hydrogen-bond acceptors (Lipinski definition) is 5. The molecule has 8 heteroatoms. The fourth-order valence-corrected chi connectivity index (χ4v) is 2.69. The second-order valence-electron chi connectivity index (χ2n) is 3.92. The zero-order valence-corrected chi connectivity index (χ0v) is 12.0. The lowest BCUT2D eigenvalue weighted by Gasteiger charge is -2.12. The number of allylic oxidation sites excluding steroid dienone is 1. The largest absolute Gasteiger partial charge is 0.387 e. The van der Waals surface area contributed by atoms with E-state index in [1.165, 1.54) is 30.0 Å². The molecule has 106 valence electrons. The SMILES string of the molecule is C=CCn1nnnc1SC[C@H](O)c1ccc(F)cc1Cl. The van der Waals surface area contributed by atoms with Crippen LogP contribution in [0.5, 0.6) is 0 Å². The van der Waals surface area contributed by atoms with Gasteiger partial charge in [0.1, 0.15) is 5.82 Å². The molecule has 0 saturated heterocycles. The van der Waals surface area contributed by atoms with Crippen LogP contribution < -0.4 is 0 Å². The Bertz CT molecular complexity index is 607. The predicted molar refractivity (Wildman–Crippen MR) is 75.1 cm³/mol. The number of halogens is 2. The lowest BCUT2D eigenvalue weighted by atomic mass is 10.1. The van der Waals surface area contributed by atoms with Gasteiger partial charge in [-0.15, -0.1) is 11.7 Å². The summed E-state index contributed by atoms with van der Waals surface area (Å²) in [6.07, 6.45) is 0.843. The van der Waals surface area contributed by atoms with E-state index in [0.717, 1.165) is 0 Å². The van der Waals surface area contributed by atoms with Gasteiger partial charge in [-0.25, -0.2) is 9.07 Å². The van der Waals surface area contributed by atoms with Crippen LogP contribution in [0.15, 0.2) is 36.0 Å². The van der Waals surface area contributed by atoms with Crippen molar-refractivity contribution in [1.82, 2.24) is 20.2 Å². The molecule has 1 heterocycles. The standard InChI is InChI=1S/C12H12ClFN4OS/c1-2-5-18-12(15-16-17-18)20-7-11(19)9-4-3-8(14)6-10(9)13/h2-4,6,11,19H,1,5,7H2/t11-/m0/s1. The number of benzene rings is 1. The van der Waals surface area contributed by atoms with Crippen LogP contribution in [0.2, 0.25) is 5.02 Å². The Morgan fingerprint density at radius 3 is 3.05 bits per heavy atom. The van der Waals surface area contributed by atoms with E-state index in [2.05, 4.69) is 22.1 Å². The Hall–Kier alpha value is -1.44. The van der Waals surface area contributed by atoms with E-state index in [1.807, 2.05) is 0 Å². The molecular weight excluding hydrogens is 303 g/mol. The highest BCUT2D eigenvalue weighted by Crippen LogP contribution is 2.28. The molecule has 1 atom stereocenters. The maximum atomic E-state index is 12.9. The first-order chi connectivity index (χ1) is 9.61. The molecule has 0 radical (unpaired) electrons. The van der Waals surface area contributed by atoms with Crippen molar-refractivity contribution in [3.05, 3.63) is 47.3 Å². The Balaban J connectivity index is 2.02. The van der Waals surface area contributed by atoms with Gasteiger partial charge in [0, 0.05) is 16.3 Å². The number of rotatable bonds is 6. The van der Waals surface area contributed by atoms with Crippen LogP contribution in [0.25, 0.3) is 0 Å². The van der Waals surface area contributed by atoms with Crippen molar-refractivity contribution in [2.45, 2.75) is 17.8 Å². The molecule has 0 aliphatic heterocycles. The van der Waals surface area contributed by atoms with Gasteiger partial charge in [0.05, 0.1) is 12.6 Å². The molecule has 0 saturated carbocycles. The van der Waals surface area contributed by atoms with Crippen molar-refractivity contribution < 1.29 is 9.50 Å². The molecule has 2 aromatic rings. The van der Waals surface area contributed by atoms with E-state index in [0.29, 0.717) is 23.0 Å². The van der Waals surface area contributed by atoms with Gasteiger partial charge in [0.2, 0.25) is 5.16 Å². The molecule has 20 heavy (non-hydrogen) atoms. The minimum atomic E-state index is -0.831. The van der Waals surface area contributed by atoms with E-state index in [4.69, 9.17) is 11.6 Å². The van der Waals surface area contributed by atoms with E-state index >= 15 is 0 Å². The highest BCUT2D eigenvalue weighted by molar-refractivity contribution is 7.99. The van der Waals surface area contributed by atoms with Crippen LogP contribution in [-0.2, 0) is 6.54 Å². The fraction of sp³-hybridized carbons (Fsp3) is 0.250. The van der Waals surface area contributed by atoms with Gasteiger partial charge >= 0.3 is 0 Å². The monoisotopic (exact) mass is 314 g/mol. The first kappa shape index (κ1) is 15.0.